The zero-order chi connectivity index (χ0) is 11.8. The molecule has 84 valence electrons. The van der Waals surface area contributed by atoms with E-state index in [0.29, 0.717) is 30.3 Å². The SMILES string of the molecule is N#CN1C2=NCCCN2C(=O)c2ccccc21. The summed E-state index contributed by atoms with van der Waals surface area (Å²) in [6.07, 6.45) is 2.93. The standard InChI is InChI=1S/C12H10N4O/c13-8-16-10-5-2-1-4-9(10)11(17)15-7-3-6-14-12(15)16/h1-2,4-5H,3,6-7H2. The number of hydrogen-bond donors (Lipinski definition) is 0. The summed E-state index contributed by atoms with van der Waals surface area (Å²) >= 11 is 0. The molecule has 2 aliphatic rings. The van der Waals surface area contributed by atoms with Crippen LogP contribution in [-0.2, 0) is 0 Å². The molecule has 0 spiro atoms. The summed E-state index contributed by atoms with van der Waals surface area (Å²) in [5, 5.41) is 9.22. The lowest BCUT2D eigenvalue weighted by Gasteiger charge is -2.36. The van der Waals surface area contributed by atoms with Crippen LogP contribution in [0.15, 0.2) is 29.3 Å². The molecule has 0 fully saturated rings. The minimum Gasteiger partial charge on any atom is -0.277 e. The van der Waals surface area contributed by atoms with Gasteiger partial charge in [-0.05, 0) is 18.6 Å². The van der Waals surface area contributed by atoms with Crippen molar-refractivity contribution < 1.29 is 4.79 Å². The van der Waals surface area contributed by atoms with Crippen LogP contribution >= 0.6 is 0 Å². The molecule has 0 bridgehead atoms. The van der Waals surface area contributed by atoms with Gasteiger partial charge in [0, 0.05) is 13.1 Å². The van der Waals surface area contributed by atoms with E-state index in [1.807, 2.05) is 6.07 Å². The van der Waals surface area contributed by atoms with Gasteiger partial charge in [-0.15, -0.1) is 0 Å². The molecule has 2 heterocycles. The van der Waals surface area contributed by atoms with Crippen molar-refractivity contribution in [2.24, 2.45) is 4.99 Å². The summed E-state index contributed by atoms with van der Waals surface area (Å²) in [4.78, 5) is 19.5. The Kier molecular flexibility index (Phi) is 2.08. The molecule has 3 rings (SSSR count). The first-order chi connectivity index (χ1) is 8.33. The van der Waals surface area contributed by atoms with Gasteiger partial charge in [-0.25, -0.2) is 4.90 Å². The van der Waals surface area contributed by atoms with Crippen LogP contribution in [0.4, 0.5) is 5.69 Å². The smallest absolute Gasteiger partial charge is 0.262 e. The number of benzene rings is 1. The van der Waals surface area contributed by atoms with Crippen LogP contribution in [0.3, 0.4) is 0 Å². The van der Waals surface area contributed by atoms with Crippen molar-refractivity contribution in [2.45, 2.75) is 6.42 Å². The predicted octanol–water partition coefficient (Wildman–Crippen LogP) is 1.19. The zero-order valence-corrected chi connectivity index (χ0v) is 9.13. The quantitative estimate of drug-likeness (QED) is 0.624. The Hall–Kier alpha value is -2.35. The molecule has 0 radical (unpaired) electrons. The normalized spacial score (nSPS) is 18.1. The van der Waals surface area contributed by atoms with Gasteiger partial charge in [0.05, 0.1) is 11.3 Å². The van der Waals surface area contributed by atoms with E-state index in [4.69, 9.17) is 0 Å². The van der Waals surface area contributed by atoms with Crippen LogP contribution in [0.1, 0.15) is 16.8 Å². The summed E-state index contributed by atoms with van der Waals surface area (Å²) in [6, 6.07) is 7.13. The highest BCUT2D eigenvalue weighted by atomic mass is 16.2. The fraction of sp³-hybridized carbons (Fsp3) is 0.250. The third kappa shape index (κ3) is 1.31. The van der Waals surface area contributed by atoms with Gasteiger partial charge >= 0.3 is 0 Å². The van der Waals surface area contributed by atoms with Gasteiger partial charge in [-0.3, -0.25) is 14.7 Å². The lowest BCUT2D eigenvalue weighted by Crippen LogP contribution is -2.52. The maximum Gasteiger partial charge on any atom is 0.262 e. The second-order valence-electron chi connectivity index (χ2n) is 3.94. The number of para-hydroxylation sites is 1. The van der Waals surface area contributed by atoms with Crippen LogP contribution in [0.25, 0.3) is 0 Å². The molecule has 0 saturated heterocycles. The van der Waals surface area contributed by atoms with Gasteiger partial charge in [0.2, 0.25) is 5.96 Å². The van der Waals surface area contributed by atoms with Gasteiger partial charge in [0.1, 0.15) is 0 Å². The largest absolute Gasteiger partial charge is 0.277 e. The number of hydrogen-bond acceptors (Lipinski definition) is 4. The van der Waals surface area contributed by atoms with E-state index < -0.39 is 0 Å². The van der Waals surface area contributed by atoms with Crippen LogP contribution in [-0.4, -0.2) is 29.9 Å². The fourth-order valence-corrected chi connectivity index (χ4v) is 2.18. The molecule has 5 nitrogen and oxygen atoms in total. The Morgan fingerprint density at radius 3 is 3.00 bits per heavy atom. The van der Waals surface area contributed by atoms with E-state index in [9.17, 15) is 10.1 Å². The van der Waals surface area contributed by atoms with Crippen molar-refractivity contribution in [1.82, 2.24) is 4.90 Å². The Morgan fingerprint density at radius 1 is 1.35 bits per heavy atom. The Balaban J connectivity index is 2.22. The van der Waals surface area contributed by atoms with Crippen molar-refractivity contribution in [3.05, 3.63) is 29.8 Å². The van der Waals surface area contributed by atoms with Crippen molar-refractivity contribution in [3.8, 4) is 6.19 Å². The van der Waals surface area contributed by atoms with Crippen molar-refractivity contribution in [1.29, 1.82) is 5.26 Å². The molecular formula is C12H10N4O. The number of nitriles is 1. The van der Waals surface area contributed by atoms with E-state index in [1.54, 1.807) is 23.1 Å². The number of fused-ring (bicyclic) bond motifs is 2. The first kappa shape index (κ1) is 9.85. The average Bonchev–Trinajstić information content (AvgIpc) is 2.40. The summed E-state index contributed by atoms with van der Waals surface area (Å²) in [5.41, 5.74) is 1.19. The molecule has 1 aromatic carbocycles. The number of nitrogens with zero attached hydrogens (tertiary/aromatic N) is 4. The van der Waals surface area contributed by atoms with Crippen molar-refractivity contribution >= 4 is 17.6 Å². The topological polar surface area (TPSA) is 59.7 Å². The number of guanidine groups is 1. The van der Waals surface area contributed by atoms with Gasteiger partial charge in [0.25, 0.3) is 5.91 Å². The monoisotopic (exact) mass is 226 g/mol. The summed E-state index contributed by atoms with van der Waals surface area (Å²) in [7, 11) is 0. The summed E-state index contributed by atoms with van der Waals surface area (Å²) in [6.45, 7) is 1.30. The molecule has 0 N–H and O–H groups in total. The predicted molar refractivity (Wildman–Crippen MR) is 62.5 cm³/mol. The molecule has 0 aromatic heterocycles. The lowest BCUT2D eigenvalue weighted by molar-refractivity contribution is 0.0835. The number of carbonyl (C=O) groups excluding carboxylic acids is 1. The lowest BCUT2D eigenvalue weighted by atomic mass is 10.1. The maximum atomic E-state index is 12.2. The Morgan fingerprint density at radius 2 is 2.18 bits per heavy atom. The number of aliphatic imine (C=N–C) groups is 1. The van der Waals surface area contributed by atoms with E-state index in [1.165, 1.54) is 4.90 Å². The molecule has 5 heteroatoms. The molecule has 2 aliphatic heterocycles. The second-order valence-corrected chi connectivity index (χ2v) is 3.94. The molecule has 0 atom stereocenters. The molecule has 0 aliphatic carbocycles. The molecule has 0 unspecified atom stereocenters. The number of carbonyl (C=O) groups is 1. The molecule has 1 aromatic rings. The third-order valence-corrected chi connectivity index (χ3v) is 2.95. The van der Waals surface area contributed by atoms with Crippen LogP contribution in [0.2, 0.25) is 0 Å². The minimum atomic E-state index is -0.0643. The average molecular weight is 226 g/mol. The summed E-state index contributed by atoms with van der Waals surface area (Å²) < 4.78 is 0. The van der Waals surface area contributed by atoms with E-state index in [0.717, 1.165) is 6.42 Å². The van der Waals surface area contributed by atoms with E-state index >= 15 is 0 Å². The van der Waals surface area contributed by atoms with Crippen LogP contribution < -0.4 is 4.90 Å². The number of rotatable bonds is 0. The van der Waals surface area contributed by atoms with Crippen molar-refractivity contribution in [3.63, 3.8) is 0 Å². The zero-order valence-electron chi connectivity index (χ0n) is 9.13. The molecule has 0 saturated carbocycles. The third-order valence-electron chi connectivity index (χ3n) is 2.95. The number of amides is 1. The van der Waals surface area contributed by atoms with Gasteiger partial charge in [-0.1, -0.05) is 12.1 Å². The first-order valence-corrected chi connectivity index (χ1v) is 5.48. The highest BCUT2D eigenvalue weighted by molar-refractivity contribution is 6.19. The highest BCUT2D eigenvalue weighted by Crippen LogP contribution is 2.29. The van der Waals surface area contributed by atoms with Gasteiger partial charge in [-0.2, -0.15) is 5.26 Å². The van der Waals surface area contributed by atoms with Gasteiger partial charge in [0.15, 0.2) is 6.19 Å². The minimum absolute atomic E-state index is 0.0643. The van der Waals surface area contributed by atoms with Crippen LogP contribution in [0.5, 0.6) is 0 Å². The fourth-order valence-electron chi connectivity index (χ4n) is 2.18. The van der Waals surface area contributed by atoms with E-state index in [-0.39, 0.29) is 5.91 Å². The maximum absolute atomic E-state index is 12.2. The first-order valence-electron chi connectivity index (χ1n) is 5.48. The molecule has 1 amide bonds. The second kappa shape index (κ2) is 3.59. The highest BCUT2D eigenvalue weighted by Gasteiger charge is 2.35. The summed E-state index contributed by atoms with van der Waals surface area (Å²) in [5.74, 6) is 0.396. The van der Waals surface area contributed by atoms with Gasteiger partial charge < -0.3 is 0 Å². The van der Waals surface area contributed by atoms with Crippen molar-refractivity contribution in [2.75, 3.05) is 18.0 Å². The Bertz CT molecular complexity index is 558. The number of anilines is 1. The van der Waals surface area contributed by atoms with Crippen LogP contribution in [0, 0.1) is 11.5 Å². The molecular weight excluding hydrogens is 216 g/mol. The Labute approximate surface area is 98.6 Å². The molecule has 17 heavy (non-hydrogen) atoms. The van der Waals surface area contributed by atoms with E-state index in [2.05, 4.69) is 11.2 Å².